The Bertz CT molecular complexity index is 776. The zero-order valence-electron chi connectivity index (χ0n) is 13.5. The van der Waals surface area contributed by atoms with E-state index in [-0.39, 0.29) is 5.91 Å². The zero-order chi connectivity index (χ0) is 17.1. The smallest absolute Gasteiger partial charge is 0.255 e. The molecule has 0 saturated carbocycles. The summed E-state index contributed by atoms with van der Waals surface area (Å²) in [6.45, 7) is 2.99. The van der Waals surface area contributed by atoms with Crippen molar-refractivity contribution in [2.24, 2.45) is 0 Å². The van der Waals surface area contributed by atoms with Gasteiger partial charge in [0.25, 0.3) is 5.91 Å². The highest BCUT2D eigenvalue weighted by molar-refractivity contribution is 6.32. The molecule has 1 aliphatic heterocycles. The Hall–Kier alpha value is -2.40. The van der Waals surface area contributed by atoms with E-state index in [2.05, 4.69) is 5.32 Å². The fourth-order valence-corrected chi connectivity index (χ4v) is 2.87. The summed E-state index contributed by atoms with van der Waals surface area (Å²) in [5.41, 5.74) is 2.21. The molecule has 1 N–H and O–H groups in total. The number of ether oxygens (including phenoxy) is 3. The normalized spacial score (nSPS) is 12.3. The Morgan fingerprint density at radius 2 is 2.17 bits per heavy atom. The van der Waals surface area contributed by atoms with E-state index in [0.717, 1.165) is 17.7 Å². The largest absolute Gasteiger partial charge is 0.493 e. The van der Waals surface area contributed by atoms with Crippen LogP contribution in [0.1, 0.15) is 22.8 Å². The first-order valence-electron chi connectivity index (χ1n) is 7.69. The number of nitrogens with one attached hydrogen (secondary N) is 1. The van der Waals surface area contributed by atoms with Gasteiger partial charge in [0.1, 0.15) is 5.75 Å². The predicted octanol–water partition coefficient (Wildman–Crippen LogP) is 3.93. The summed E-state index contributed by atoms with van der Waals surface area (Å²) < 4.78 is 16.2. The summed E-state index contributed by atoms with van der Waals surface area (Å²) in [5, 5.41) is 3.21. The number of methoxy groups -OCH3 is 1. The van der Waals surface area contributed by atoms with Crippen molar-refractivity contribution in [2.45, 2.75) is 13.3 Å². The summed E-state index contributed by atoms with van der Waals surface area (Å²) in [4.78, 5) is 12.5. The maximum atomic E-state index is 12.5. The second kappa shape index (κ2) is 7.01. The monoisotopic (exact) mass is 347 g/mol. The number of amides is 1. The van der Waals surface area contributed by atoms with Crippen molar-refractivity contribution in [1.29, 1.82) is 0 Å². The number of carbonyl (C=O) groups excluding carboxylic acids is 1. The van der Waals surface area contributed by atoms with Gasteiger partial charge in [-0.25, -0.2) is 0 Å². The molecule has 0 bridgehead atoms. The number of anilines is 1. The number of rotatable bonds is 5. The third-order valence-corrected chi connectivity index (χ3v) is 4.01. The summed E-state index contributed by atoms with van der Waals surface area (Å²) in [6.07, 6.45) is 0.849. The third-order valence-electron chi connectivity index (χ3n) is 3.73. The molecule has 0 atom stereocenters. The van der Waals surface area contributed by atoms with Gasteiger partial charge in [-0.05, 0) is 42.8 Å². The van der Waals surface area contributed by atoms with E-state index in [1.54, 1.807) is 12.1 Å². The summed E-state index contributed by atoms with van der Waals surface area (Å²) in [7, 11) is 1.51. The molecule has 3 rings (SSSR count). The Kier molecular flexibility index (Phi) is 4.81. The van der Waals surface area contributed by atoms with Crippen LogP contribution in [0.25, 0.3) is 0 Å². The van der Waals surface area contributed by atoms with Gasteiger partial charge in [0.2, 0.25) is 0 Å². The molecule has 24 heavy (non-hydrogen) atoms. The fourth-order valence-electron chi connectivity index (χ4n) is 2.60. The van der Waals surface area contributed by atoms with Crippen molar-refractivity contribution in [3.8, 4) is 17.2 Å². The van der Waals surface area contributed by atoms with Crippen LogP contribution in [0.3, 0.4) is 0 Å². The number of halogens is 1. The second-order valence-corrected chi connectivity index (χ2v) is 5.70. The molecule has 1 heterocycles. The Labute approximate surface area is 145 Å². The van der Waals surface area contributed by atoms with E-state index in [1.807, 2.05) is 25.1 Å². The van der Waals surface area contributed by atoms with Crippen molar-refractivity contribution in [3.05, 3.63) is 46.5 Å². The molecule has 2 aromatic rings. The highest BCUT2D eigenvalue weighted by atomic mass is 35.5. The lowest BCUT2D eigenvalue weighted by Crippen LogP contribution is -2.12. The van der Waals surface area contributed by atoms with Gasteiger partial charge in [-0.2, -0.15) is 0 Å². The van der Waals surface area contributed by atoms with Crippen LogP contribution in [0.5, 0.6) is 17.2 Å². The standard InChI is InChI=1S/C18H18ClNO4/c1-3-23-17-14(19)9-12(10-16(17)22-2)18(21)20-13-4-5-15-11(8-13)6-7-24-15/h4-5,8-10H,3,6-7H2,1-2H3,(H,20,21). The van der Waals surface area contributed by atoms with Crippen LogP contribution in [0.15, 0.2) is 30.3 Å². The van der Waals surface area contributed by atoms with Gasteiger partial charge >= 0.3 is 0 Å². The van der Waals surface area contributed by atoms with Crippen molar-refractivity contribution in [1.82, 2.24) is 0 Å². The van der Waals surface area contributed by atoms with Crippen molar-refractivity contribution < 1.29 is 19.0 Å². The van der Waals surface area contributed by atoms with E-state index in [0.29, 0.717) is 41.0 Å². The van der Waals surface area contributed by atoms with E-state index in [1.165, 1.54) is 7.11 Å². The molecule has 126 valence electrons. The number of fused-ring (bicyclic) bond motifs is 1. The molecule has 2 aromatic carbocycles. The Morgan fingerprint density at radius 1 is 1.33 bits per heavy atom. The summed E-state index contributed by atoms with van der Waals surface area (Å²) in [5.74, 6) is 1.47. The van der Waals surface area contributed by atoms with Crippen LogP contribution in [-0.4, -0.2) is 26.2 Å². The van der Waals surface area contributed by atoms with Crippen molar-refractivity contribution in [3.63, 3.8) is 0 Å². The van der Waals surface area contributed by atoms with Crippen LogP contribution < -0.4 is 19.5 Å². The molecule has 6 heteroatoms. The molecule has 0 unspecified atom stereocenters. The minimum Gasteiger partial charge on any atom is -0.493 e. The van der Waals surface area contributed by atoms with Gasteiger partial charge < -0.3 is 19.5 Å². The topological polar surface area (TPSA) is 56.8 Å². The number of hydrogen-bond acceptors (Lipinski definition) is 4. The zero-order valence-corrected chi connectivity index (χ0v) is 14.3. The van der Waals surface area contributed by atoms with E-state index in [9.17, 15) is 4.79 Å². The Morgan fingerprint density at radius 3 is 2.92 bits per heavy atom. The molecule has 0 spiro atoms. The highest BCUT2D eigenvalue weighted by Crippen LogP contribution is 2.36. The maximum absolute atomic E-state index is 12.5. The Balaban J connectivity index is 1.83. The van der Waals surface area contributed by atoms with Gasteiger partial charge in [0.05, 0.1) is 25.3 Å². The summed E-state index contributed by atoms with van der Waals surface area (Å²) >= 11 is 6.21. The molecule has 5 nitrogen and oxygen atoms in total. The quantitative estimate of drug-likeness (QED) is 0.890. The molecular weight excluding hydrogens is 330 g/mol. The first-order valence-corrected chi connectivity index (χ1v) is 8.07. The molecule has 0 saturated heterocycles. The molecule has 0 fully saturated rings. The second-order valence-electron chi connectivity index (χ2n) is 5.30. The lowest BCUT2D eigenvalue weighted by Gasteiger charge is -2.13. The average Bonchev–Trinajstić information content (AvgIpc) is 3.04. The van der Waals surface area contributed by atoms with E-state index >= 15 is 0 Å². The van der Waals surface area contributed by atoms with Crippen LogP contribution in [0.4, 0.5) is 5.69 Å². The summed E-state index contributed by atoms with van der Waals surface area (Å²) in [6, 6.07) is 8.79. The van der Waals surface area contributed by atoms with Gasteiger partial charge in [0, 0.05) is 17.7 Å². The minimum atomic E-state index is -0.267. The molecule has 1 aliphatic rings. The molecule has 0 aromatic heterocycles. The van der Waals surface area contributed by atoms with Crippen LogP contribution in [0, 0.1) is 0 Å². The number of hydrogen-bond donors (Lipinski definition) is 1. The lowest BCUT2D eigenvalue weighted by molar-refractivity contribution is 0.102. The van der Waals surface area contributed by atoms with Gasteiger partial charge in [-0.15, -0.1) is 0 Å². The lowest BCUT2D eigenvalue weighted by atomic mass is 10.1. The van der Waals surface area contributed by atoms with Gasteiger partial charge in [-0.3, -0.25) is 4.79 Å². The molecule has 0 radical (unpaired) electrons. The highest BCUT2D eigenvalue weighted by Gasteiger charge is 2.17. The number of benzene rings is 2. The molecule has 0 aliphatic carbocycles. The van der Waals surface area contributed by atoms with Crippen LogP contribution in [-0.2, 0) is 6.42 Å². The van der Waals surface area contributed by atoms with Crippen LogP contribution >= 0.6 is 11.6 Å². The fraction of sp³-hybridized carbons (Fsp3) is 0.278. The van der Waals surface area contributed by atoms with Crippen LogP contribution in [0.2, 0.25) is 5.02 Å². The van der Waals surface area contributed by atoms with E-state index in [4.69, 9.17) is 25.8 Å². The van der Waals surface area contributed by atoms with Gasteiger partial charge in [0.15, 0.2) is 11.5 Å². The molecular formula is C18H18ClNO4. The SMILES string of the molecule is CCOc1c(Cl)cc(C(=O)Nc2ccc3c(c2)CCO3)cc1OC. The average molecular weight is 348 g/mol. The maximum Gasteiger partial charge on any atom is 0.255 e. The third kappa shape index (κ3) is 3.26. The first kappa shape index (κ1) is 16.5. The predicted molar refractivity (Wildman–Crippen MR) is 92.8 cm³/mol. The molecule has 1 amide bonds. The minimum absolute atomic E-state index is 0.267. The first-order chi connectivity index (χ1) is 11.6. The van der Waals surface area contributed by atoms with Gasteiger partial charge in [-0.1, -0.05) is 11.6 Å². The van der Waals surface area contributed by atoms with E-state index < -0.39 is 0 Å². The van der Waals surface area contributed by atoms with Crippen molar-refractivity contribution in [2.75, 3.05) is 25.6 Å². The van der Waals surface area contributed by atoms with Crippen molar-refractivity contribution >= 4 is 23.2 Å². The number of carbonyl (C=O) groups is 1.